The fourth-order valence-corrected chi connectivity index (χ4v) is 0. The zero-order valence-corrected chi connectivity index (χ0v) is 7.49. The molecule has 0 radical (unpaired) electrons. The molecule has 2 N–H and O–H groups in total. The Morgan fingerprint density at radius 2 is 1.14 bits per heavy atom. The fourth-order valence-electron chi connectivity index (χ4n) is 0. The molecule has 0 rings (SSSR count). The van der Waals surface area contributed by atoms with Gasteiger partial charge in [0.15, 0.2) is 0 Å². The van der Waals surface area contributed by atoms with E-state index >= 15 is 0 Å². The summed E-state index contributed by atoms with van der Waals surface area (Å²) in [6.07, 6.45) is 0. The van der Waals surface area contributed by atoms with E-state index in [1.165, 1.54) is 0 Å². The SMILES string of the molecule is O.[O]=[Cr](=[O])([O-])[O-].[Zn+2]. The van der Waals surface area contributed by atoms with E-state index in [4.69, 9.17) is 15.9 Å². The first-order valence-corrected chi connectivity index (χ1v) is 2.75. The molecular formula is H2CrO5Zn. The molecule has 0 amide bonds. The molecule has 7 heavy (non-hydrogen) atoms. The first-order chi connectivity index (χ1) is 2.00. The van der Waals surface area contributed by atoms with Gasteiger partial charge in [-0.05, 0) is 0 Å². The quantitative estimate of drug-likeness (QED) is 0.378. The van der Waals surface area contributed by atoms with Gasteiger partial charge in [0, 0.05) is 0 Å². The fraction of sp³-hybridized carbons (Fsp3) is 0. The van der Waals surface area contributed by atoms with Crippen molar-refractivity contribution in [2.75, 3.05) is 0 Å². The van der Waals surface area contributed by atoms with Crippen molar-refractivity contribution in [2.24, 2.45) is 0 Å². The van der Waals surface area contributed by atoms with Crippen molar-refractivity contribution in [3.05, 3.63) is 0 Å². The van der Waals surface area contributed by atoms with Gasteiger partial charge in [0.1, 0.15) is 0 Å². The Labute approximate surface area is 54.8 Å². The summed E-state index contributed by atoms with van der Waals surface area (Å²) < 4.78 is 34.4. The van der Waals surface area contributed by atoms with Crippen molar-refractivity contribution in [3.63, 3.8) is 0 Å². The molecule has 0 aliphatic carbocycles. The summed E-state index contributed by atoms with van der Waals surface area (Å²) in [6.45, 7) is 0. The van der Waals surface area contributed by atoms with Crippen LogP contribution in [0.2, 0.25) is 0 Å². The minimum atomic E-state index is -5.75. The summed E-state index contributed by atoms with van der Waals surface area (Å²) in [5.74, 6) is 0. The molecule has 0 aliphatic heterocycles. The van der Waals surface area contributed by atoms with Crippen molar-refractivity contribution in [2.45, 2.75) is 0 Å². The number of hydrogen-bond donors (Lipinski definition) is 0. The van der Waals surface area contributed by atoms with Crippen LogP contribution in [-0.4, -0.2) is 5.48 Å². The molecule has 5 nitrogen and oxygen atoms in total. The molecule has 0 aliphatic rings. The Morgan fingerprint density at radius 3 is 1.14 bits per heavy atom. The van der Waals surface area contributed by atoms with Gasteiger partial charge in [0.25, 0.3) is 0 Å². The van der Waals surface area contributed by atoms with Crippen molar-refractivity contribution in [1.29, 1.82) is 0 Å². The van der Waals surface area contributed by atoms with Crippen LogP contribution in [0.25, 0.3) is 0 Å². The molecule has 0 aromatic heterocycles. The van der Waals surface area contributed by atoms with Gasteiger partial charge < -0.3 is 5.48 Å². The average Bonchev–Trinajstić information content (AvgIpc) is 0.722. The number of rotatable bonds is 0. The van der Waals surface area contributed by atoms with Crippen LogP contribution in [-0.2, 0) is 40.7 Å². The van der Waals surface area contributed by atoms with E-state index in [9.17, 15) is 0 Å². The topological polar surface area (TPSA) is 112 Å². The zero-order chi connectivity index (χ0) is 4.50. The van der Waals surface area contributed by atoms with E-state index in [1.807, 2.05) is 0 Å². The van der Waals surface area contributed by atoms with E-state index in [1.54, 1.807) is 0 Å². The van der Waals surface area contributed by atoms with Crippen LogP contribution in [0.1, 0.15) is 0 Å². The van der Waals surface area contributed by atoms with Crippen LogP contribution >= 0.6 is 0 Å². The molecule has 0 spiro atoms. The van der Waals surface area contributed by atoms with Crippen LogP contribution in [0.4, 0.5) is 0 Å². The van der Waals surface area contributed by atoms with Crippen LogP contribution in [0, 0.1) is 0 Å². The predicted molar refractivity (Wildman–Crippen MR) is 4.99 cm³/mol. The van der Waals surface area contributed by atoms with Gasteiger partial charge in [0.05, 0.1) is 0 Å². The predicted octanol–water partition coefficient (Wildman–Crippen LogP) is -3.45. The monoisotopic (exact) mass is 198 g/mol. The molecule has 0 unspecified atom stereocenters. The van der Waals surface area contributed by atoms with Gasteiger partial charge in [-0.3, -0.25) is 0 Å². The number of hydrogen-bond acceptors (Lipinski definition) is 4. The molecule has 0 aromatic rings. The van der Waals surface area contributed by atoms with E-state index in [0.717, 1.165) is 0 Å². The van der Waals surface area contributed by atoms with Crippen LogP contribution in [0.5, 0.6) is 0 Å². The standard InChI is InChI=1S/Cr.H2O.4O.Zn/h;1H2;;;;;/q;;;;2*-1;+2. The van der Waals surface area contributed by atoms with Crippen LogP contribution in [0.3, 0.4) is 0 Å². The van der Waals surface area contributed by atoms with Crippen molar-refractivity contribution >= 4 is 0 Å². The molecule has 0 heterocycles. The van der Waals surface area contributed by atoms with E-state index in [-0.39, 0.29) is 25.0 Å². The molecule has 0 saturated carbocycles. The first kappa shape index (κ1) is 15.6. The third-order valence-electron chi connectivity index (χ3n) is 0. The van der Waals surface area contributed by atoms with E-state index in [0.29, 0.717) is 0 Å². The maximum atomic E-state index is 8.59. The van der Waals surface area contributed by atoms with Gasteiger partial charge in [-0.15, -0.1) is 0 Å². The van der Waals surface area contributed by atoms with Gasteiger partial charge in [0.2, 0.25) is 0 Å². The second-order valence-corrected chi connectivity index (χ2v) is 1.68. The minimum Gasteiger partial charge on any atom is 2.00 e. The molecule has 0 atom stereocenters. The Kier molecular flexibility index (Phi) is 10.7. The molecule has 0 fully saturated rings. The zero-order valence-electron chi connectivity index (χ0n) is 3.25. The third-order valence-corrected chi connectivity index (χ3v) is 0. The van der Waals surface area contributed by atoms with E-state index in [2.05, 4.69) is 0 Å². The van der Waals surface area contributed by atoms with Crippen molar-refractivity contribution < 1.29 is 54.5 Å². The smallest absolute Gasteiger partial charge is 2.00 e. The summed E-state index contributed by atoms with van der Waals surface area (Å²) in [4.78, 5) is 0. The maximum Gasteiger partial charge on any atom is 2.00 e. The molecule has 0 saturated heterocycles. The Morgan fingerprint density at radius 1 is 1.14 bits per heavy atom. The van der Waals surface area contributed by atoms with Crippen LogP contribution < -0.4 is 8.32 Å². The van der Waals surface area contributed by atoms with Gasteiger partial charge in [-0.2, -0.15) is 0 Å². The van der Waals surface area contributed by atoms with Crippen molar-refractivity contribution in [3.8, 4) is 0 Å². The second-order valence-electron chi connectivity index (χ2n) is 0.408. The molecule has 7 heteroatoms. The first-order valence-electron chi connectivity index (χ1n) is 0.667. The Hall–Kier alpha value is 0.636. The van der Waals surface area contributed by atoms with Crippen LogP contribution in [0.15, 0.2) is 0 Å². The summed E-state index contributed by atoms with van der Waals surface area (Å²) in [6, 6.07) is 0. The molecule has 0 bridgehead atoms. The van der Waals surface area contributed by atoms with Gasteiger partial charge in [-0.1, -0.05) is 0 Å². The normalized spacial score (nSPS) is 8.29. The summed E-state index contributed by atoms with van der Waals surface area (Å²) in [7, 11) is 0. The maximum absolute atomic E-state index is 8.59. The van der Waals surface area contributed by atoms with E-state index < -0.39 is 13.6 Å². The van der Waals surface area contributed by atoms with Gasteiger partial charge in [-0.25, -0.2) is 0 Å². The minimum absolute atomic E-state index is 0. The molecule has 0 aromatic carbocycles. The third kappa shape index (κ3) is 353. The van der Waals surface area contributed by atoms with Crippen molar-refractivity contribution in [1.82, 2.24) is 0 Å². The molecule has 40 valence electrons. The largest absolute Gasteiger partial charge is 2.00 e. The second kappa shape index (κ2) is 4.79. The summed E-state index contributed by atoms with van der Waals surface area (Å²) in [5, 5.41) is 0. The Balaban J connectivity index is -0.0000000800. The summed E-state index contributed by atoms with van der Waals surface area (Å²) >= 11 is -5.75. The van der Waals surface area contributed by atoms with Gasteiger partial charge >= 0.3 is 49.0 Å². The summed E-state index contributed by atoms with van der Waals surface area (Å²) in [5.41, 5.74) is 0. The molecular weight excluding hydrogens is 197 g/mol. The Bertz CT molecular complexity index is 91.2. The average molecular weight is 199 g/mol.